The van der Waals surface area contributed by atoms with E-state index < -0.39 is 12.1 Å². The van der Waals surface area contributed by atoms with Crippen LogP contribution in [0, 0.1) is 17.8 Å². The highest BCUT2D eigenvalue weighted by atomic mass is 32.2. The summed E-state index contributed by atoms with van der Waals surface area (Å²) in [4.78, 5) is 24.4. The molecule has 1 aliphatic rings. The minimum Gasteiger partial charge on any atom is -0.481 e. The van der Waals surface area contributed by atoms with Gasteiger partial charge in [-0.2, -0.15) is 11.8 Å². The number of carbonyl (C=O) groups is 2. The van der Waals surface area contributed by atoms with E-state index >= 15 is 0 Å². The third-order valence-corrected chi connectivity index (χ3v) is 5.29. The largest absolute Gasteiger partial charge is 0.481 e. The number of amides is 1. The third-order valence-electron chi connectivity index (χ3n) is 4.24. The minimum atomic E-state index is -0.766. The van der Waals surface area contributed by atoms with Gasteiger partial charge in [-0.05, 0) is 31.4 Å². The number of aliphatic carboxylic acids is 1. The van der Waals surface area contributed by atoms with Gasteiger partial charge in [-0.1, -0.05) is 19.1 Å². The van der Waals surface area contributed by atoms with Gasteiger partial charge in [-0.3, -0.25) is 9.59 Å². The Balaban J connectivity index is 2.39. The normalized spacial score (nSPS) is 19.7. The van der Waals surface area contributed by atoms with Crippen LogP contribution in [0.5, 0.6) is 0 Å². The lowest BCUT2D eigenvalue weighted by atomic mass is 10.00. The van der Waals surface area contributed by atoms with Crippen molar-refractivity contribution in [3.05, 3.63) is 12.2 Å². The fourth-order valence-electron chi connectivity index (χ4n) is 2.65. The van der Waals surface area contributed by atoms with Gasteiger partial charge in [0.2, 0.25) is 5.91 Å². The molecular formula is C19H29NO4S. The molecule has 0 bridgehead atoms. The van der Waals surface area contributed by atoms with Crippen molar-refractivity contribution in [2.45, 2.75) is 58.1 Å². The van der Waals surface area contributed by atoms with Gasteiger partial charge in [-0.25, -0.2) is 0 Å². The number of aliphatic hydroxyl groups excluding tert-OH is 1. The first-order valence-corrected chi connectivity index (χ1v) is 9.96. The smallest absolute Gasteiger partial charge is 0.303 e. The molecule has 1 rings (SSSR count). The molecule has 0 aromatic carbocycles. The predicted molar refractivity (Wildman–Crippen MR) is 101 cm³/mol. The van der Waals surface area contributed by atoms with Gasteiger partial charge in [0.15, 0.2) is 0 Å². The van der Waals surface area contributed by atoms with Crippen LogP contribution in [-0.2, 0) is 9.59 Å². The Hall–Kier alpha value is -1.45. The lowest BCUT2D eigenvalue weighted by Crippen LogP contribution is -2.34. The van der Waals surface area contributed by atoms with Gasteiger partial charge >= 0.3 is 5.97 Å². The molecule has 1 aliphatic heterocycles. The first-order valence-electron chi connectivity index (χ1n) is 8.80. The average molecular weight is 368 g/mol. The zero-order chi connectivity index (χ0) is 18.7. The number of rotatable bonds is 11. The molecule has 2 unspecified atom stereocenters. The topological polar surface area (TPSA) is 77.8 Å². The Morgan fingerprint density at radius 3 is 2.92 bits per heavy atom. The molecular weight excluding hydrogens is 338 g/mol. The molecule has 1 fully saturated rings. The van der Waals surface area contributed by atoms with Crippen molar-refractivity contribution in [1.82, 2.24) is 4.90 Å². The van der Waals surface area contributed by atoms with Gasteiger partial charge in [0.25, 0.3) is 0 Å². The molecule has 0 aliphatic carbocycles. The highest BCUT2D eigenvalue weighted by Crippen LogP contribution is 2.21. The zero-order valence-corrected chi connectivity index (χ0v) is 15.9. The Morgan fingerprint density at radius 2 is 2.24 bits per heavy atom. The summed E-state index contributed by atoms with van der Waals surface area (Å²) >= 11 is 1.68. The molecule has 0 radical (unpaired) electrons. The first-order chi connectivity index (χ1) is 12.0. The van der Waals surface area contributed by atoms with Crippen molar-refractivity contribution < 1.29 is 19.8 Å². The number of hydrogen-bond acceptors (Lipinski definition) is 4. The second-order valence-corrected chi connectivity index (χ2v) is 7.51. The SMILES string of the molecule is CC#CCC(C)C(O)/C=C/[C@H]1CCC(=O)N1CCSCCCC(=O)O. The van der Waals surface area contributed by atoms with Crippen LogP contribution >= 0.6 is 11.8 Å². The minimum absolute atomic E-state index is 0.0474. The molecule has 1 amide bonds. The number of carboxylic acids is 1. The quantitative estimate of drug-likeness (QED) is 0.333. The standard InChI is InChI=1S/C19H29NO4S/c1-3-4-6-15(2)17(21)10-8-16-9-11-18(22)20(16)12-14-25-13-5-7-19(23)24/h8,10,15-17,21H,5-7,9,11-14H2,1-2H3,(H,23,24)/b10-8+/t15?,16-,17?/m0/s1. The van der Waals surface area contributed by atoms with Gasteiger partial charge < -0.3 is 15.1 Å². The molecule has 0 aromatic rings. The summed E-state index contributed by atoms with van der Waals surface area (Å²) in [7, 11) is 0. The molecule has 0 saturated carbocycles. The van der Waals surface area contributed by atoms with Crippen LogP contribution < -0.4 is 0 Å². The molecule has 25 heavy (non-hydrogen) atoms. The van der Waals surface area contributed by atoms with Crippen molar-refractivity contribution in [3.8, 4) is 11.8 Å². The Morgan fingerprint density at radius 1 is 1.48 bits per heavy atom. The molecule has 5 nitrogen and oxygen atoms in total. The summed E-state index contributed by atoms with van der Waals surface area (Å²) in [6.45, 7) is 4.42. The molecule has 0 spiro atoms. The van der Waals surface area contributed by atoms with E-state index in [9.17, 15) is 14.7 Å². The molecule has 3 atom stereocenters. The molecule has 140 valence electrons. The average Bonchev–Trinajstić information content (AvgIpc) is 2.93. The second kappa shape index (κ2) is 12.0. The van der Waals surface area contributed by atoms with E-state index in [-0.39, 0.29) is 24.3 Å². The van der Waals surface area contributed by atoms with E-state index in [0.717, 1.165) is 17.9 Å². The zero-order valence-electron chi connectivity index (χ0n) is 15.1. The first kappa shape index (κ1) is 21.6. The lowest BCUT2D eigenvalue weighted by molar-refractivity contribution is -0.137. The number of carbonyl (C=O) groups excluding carboxylic acids is 1. The fraction of sp³-hybridized carbons (Fsp3) is 0.684. The molecule has 1 heterocycles. The maximum atomic E-state index is 12.0. The fourth-order valence-corrected chi connectivity index (χ4v) is 3.53. The summed E-state index contributed by atoms with van der Waals surface area (Å²) in [6, 6.07) is 0.0474. The number of likely N-dealkylation sites (tertiary alicyclic amines) is 1. The van der Waals surface area contributed by atoms with E-state index in [1.165, 1.54) is 0 Å². The molecule has 6 heteroatoms. The van der Waals surface area contributed by atoms with E-state index in [0.29, 0.717) is 25.8 Å². The van der Waals surface area contributed by atoms with Crippen LogP contribution in [0.15, 0.2) is 12.2 Å². The van der Waals surface area contributed by atoms with E-state index in [4.69, 9.17) is 5.11 Å². The lowest BCUT2D eigenvalue weighted by Gasteiger charge is -2.23. The number of aliphatic hydroxyl groups is 1. The number of carboxylic acid groups (broad SMARTS) is 1. The number of hydrogen-bond donors (Lipinski definition) is 2. The van der Waals surface area contributed by atoms with Crippen molar-refractivity contribution in [3.63, 3.8) is 0 Å². The van der Waals surface area contributed by atoms with Crippen molar-refractivity contribution >= 4 is 23.6 Å². The van der Waals surface area contributed by atoms with E-state index in [2.05, 4.69) is 11.8 Å². The van der Waals surface area contributed by atoms with Crippen LogP contribution in [0.4, 0.5) is 0 Å². The van der Waals surface area contributed by atoms with Crippen molar-refractivity contribution in [2.24, 2.45) is 5.92 Å². The van der Waals surface area contributed by atoms with Gasteiger partial charge in [-0.15, -0.1) is 11.8 Å². The highest BCUT2D eigenvalue weighted by molar-refractivity contribution is 7.99. The Bertz CT molecular complexity index is 523. The Kier molecular flexibility index (Phi) is 10.4. The van der Waals surface area contributed by atoms with Crippen LogP contribution in [0.1, 0.15) is 46.0 Å². The second-order valence-electron chi connectivity index (χ2n) is 6.29. The molecule has 2 N–H and O–H groups in total. The summed E-state index contributed by atoms with van der Waals surface area (Å²) in [5, 5.41) is 18.8. The maximum absolute atomic E-state index is 12.0. The number of nitrogens with zero attached hydrogens (tertiary/aromatic N) is 1. The summed E-state index contributed by atoms with van der Waals surface area (Å²) in [6.07, 6.45) is 6.02. The van der Waals surface area contributed by atoms with Crippen molar-refractivity contribution in [1.29, 1.82) is 0 Å². The van der Waals surface area contributed by atoms with E-state index in [1.807, 2.05) is 17.9 Å². The van der Waals surface area contributed by atoms with Crippen LogP contribution in [0.2, 0.25) is 0 Å². The molecule has 0 aromatic heterocycles. The van der Waals surface area contributed by atoms with Crippen LogP contribution in [0.3, 0.4) is 0 Å². The van der Waals surface area contributed by atoms with Crippen LogP contribution in [-0.4, -0.2) is 57.2 Å². The van der Waals surface area contributed by atoms with Crippen LogP contribution in [0.25, 0.3) is 0 Å². The number of thioether (sulfide) groups is 1. The van der Waals surface area contributed by atoms with Gasteiger partial charge in [0.05, 0.1) is 12.1 Å². The van der Waals surface area contributed by atoms with E-state index in [1.54, 1.807) is 24.8 Å². The monoisotopic (exact) mass is 367 g/mol. The van der Waals surface area contributed by atoms with Gasteiger partial charge in [0, 0.05) is 31.6 Å². The maximum Gasteiger partial charge on any atom is 0.303 e. The summed E-state index contributed by atoms with van der Waals surface area (Å²) in [5.41, 5.74) is 0. The summed E-state index contributed by atoms with van der Waals surface area (Å²) < 4.78 is 0. The van der Waals surface area contributed by atoms with Crippen molar-refractivity contribution in [2.75, 3.05) is 18.1 Å². The van der Waals surface area contributed by atoms with Gasteiger partial charge in [0.1, 0.15) is 0 Å². The third kappa shape index (κ3) is 8.46. The highest BCUT2D eigenvalue weighted by Gasteiger charge is 2.28. The summed E-state index contributed by atoms with van der Waals surface area (Å²) in [5.74, 6) is 6.87. The predicted octanol–water partition coefficient (Wildman–Crippen LogP) is 2.54. The molecule has 1 saturated heterocycles. The Labute approximate surface area is 154 Å².